The highest BCUT2D eigenvalue weighted by Crippen LogP contribution is 2.28. The molecule has 2 amide bonds. The van der Waals surface area contributed by atoms with E-state index in [-0.39, 0.29) is 17.3 Å². The summed E-state index contributed by atoms with van der Waals surface area (Å²) in [5.74, 6) is 0.741. The molecule has 0 spiro atoms. The number of carbonyl (C=O) groups is 2. The minimum Gasteiger partial charge on any atom is -0.326 e. The number of hydrogen-bond donors (Lipinski definition) is 1. The first-order valence-corrected chi connectivity index (χ1v) is 6.02. The molecule has 2 saturated heterocycles. The van der Waals surface area contributed by atoms with Gasteiger partial charge in [0.1, 0.15) is 4.32 Å². The molecule has 0 aromatic rings. The van der Waals surface area contributed by atoms with Gasteiger partial charge in [-0.05, 0) is 0 Å². The Kier molecular flexibility index (Phi) is 2.48. The van der Waals surface area contributed by atoms with Crippen molar-refractivity contribution < 1.29 is 9.59 Å². The van der Waals surface area contributed by atoms with Crippen molar-refractivity contribution >= 4 is 51.9 Å². The van der Waals surface area contributed by atoms with Gasteiger partial charge < -0.3 is 5.32 Å². The Hall–Kier alpha value is -0.270. The van der Waals surface area contributed by atoms with Crippen LogP contribution in [0.15, 0.2) is 0 Å². The van der Waals surface area contributed by atoms with Gasteiger partial charge in [0, 0.05) is 0 Å². The third kappa shape index (κ3) is 1.68. The van der Waals surface area contributed by atoms with Crippen LogP contribution < -0.4 is 5.32 Å². The standard InChI is InChI=1S/C6H6N2O2S3/c9-3-1-12-5(7-3)8-4(10)2-13-6(8)11/h5H,1-2H2,(H,7,9). The van der Waals surface area contributed by atoms with Gasteiger partial charge in [-0.1, -0.05) is 24.0 Å². The molecule has 0 bridgehead atoms. The van der Waals surface area contributed by atoms with E-state index in [1.54, 1.807) is 0 Å². The molecule has 0 aromatic heterocycles. The molecule has 2 rings (SSSR count). The summed E-state index contributed by atoms with van der Waals surface area (Å²) in [5.41, 5.74) is -0.275. The number of thioether (sulfide) groups is 2. The lowest BCUT2D eigenvalue weighted by Gasteiger charge is -2.21. The third-order valence-corrected chi connectivity index (χ3v) is 4.13. The van der Waals surface area contributed by atoms with Crippen LogP contribution >= 0.6 is 35.7 Å². The van der Waals surface area contributed by atoms with E-state index in [1.807, 2.05) is 0 Å². The van der Waals surface area contributed by atoms with Crippen LogP contribution in [-0.2, 0) is 9.59 Å². The average Bonchev–Trinajstić information content (AvgIpc) is 2.60. The van der Waals surface area contributed by atoms with E-state index in [0.717, 1.165) is 0 Å². The van der Waals surface area contributed by atoms with E-state index >= 15 is 0 Å². The number of amides is 2. The first-order chi connectivity index (χ1) is 6.18. The monoisotopic (exact) mass is 234 g/mol. The maximum atomic E-state index is 11.3. The van der Waals surface area contributed by atoms with Crippen LogP contribution in [0, 0.1) is 0 Å². The van der Waals surface area contributed by atoms with Crippen LogP contribution in [0.3, 0.4) is 0 Å². The Morgan fingerprint density at radius 2 is 2.23 bits per heavy atom. The molecule has 70 valence electrons. The molecule has 2 aliphatic heterocycles. The lowest BCUT2D eigenvalue weighted by atomic mass is 10.6. The van der Waals surface area contributed by atoms with Gasteiger partial charge >= 0.3 is 0 Å². The lowest BCUT2D eigenvalue weighted by molar-refractivity contribution is -0.125. The Morgan fingerprint density at radius 3 is 2.69 bits per heavy atom. The number of thiocarbonyl (C=S) groups is 1. The zero-order chi connectivity index (χ0) is 9.42. The SMILES string of the molecule is O=C1CSC(N2C(=O)CSC2=S)N1. The van der Waals surface area contributed by atoms with Crippen molar-refractivity contribution in [2.45, 2.75) is 5.50 Å². The molecule has 2 aliphatic rings. The molecule has 1 N–H and O–H groups in total. The second-order valence-corrected chi connectivity index (χ2v) is 5.23. The van der Waals surface area contributed by atoms with Gasteiger partial charge in [0.25, 0.3) is 0 Å². The summed E-state index contributed by atoms with van der Waals surface area (Å²) in [4.78, 5) is 23.7. The summed E-state index contributed by atoms with van der Waals surface area (Å²) < 4.78 is 0.560. The van der Waals surface area contributed by atoms with Gasteiger partial charge in [0.15, 0.2) is 5.50 Å². The lowest BCUT2D eigenvalue weighted by Crippen LogP contribution is -2.44. The largest absolute Gasteiger partial charge is 0.326 e. The molecule has 0 aromatic carbocycles. The fourth-order valence-electron chi connectivity index (χ4n) is 1.11. The Balaban J connectivity index is 2.11. The molecule has 0 saturated carbocycles. The summed E-state index contributed by atoms with van der Waals surface area (Å²) >= 11 is 7.74. The van der Waals surface area contributed by atoms with E-state index < -0.39 is 0 Å². The number of hydrogen-bond acceptors (Lipinski definition) is 5. The molecule has 1 unspecified atom stereocenters. The molecule has 0 aliphatic carbocycles. The smallest absolute Gasteiger partial charge is 0.240 e. The van der Waals surface area contributed by atoms with E-state index in [4.69, 9.17) is 12.2 Å². The topological polar surface area (TPSA) is 49.4 Å². The van der Waals surface area contributed by atoms with Gasteiger partial charge in [0.05, 0.1) is 11.5 Å². The van der Waals surface area contributed by atoms with Crippen LogP contribution in [0.1, 0.15) is 0 Å². The van der Waals surface area contributed by atoms with Crippen LogP contribution in [-0.4, -0.2) is 38.0 Å². The highest BCUT2D eigenvalue weighted by molar-refractivity contribution is 8.24. The summed E-state index contributed by atoms with van der Waals surface area (Å²) in [6, 6.07) is 0. The van der Waals surface area contributed by atoms with Crippen molar-refractivity contribution in [3.05, 3.63) is 0 Å². The van der Waals surface area contributed by atoms with Crippen LogP contribution in [0.2, 0.25) is 0 Å². The molecular formula is C6H6N2O2S3. The van der Waals surface area contributed by atoms with Gasteiger partial charge in [-0.3, -0.25) is 14.5 Å². The zero-order valence-electron chi connectivity index (χ0n) is 6.48. The van der Waals surface area contributed by atoms with E-state index in [0.29, 0.717) is 15.8 Å². The van der Waals surface area contributed by atoms with Crippen molar-refractivity contribution in [1.82, 2.24) is 10.2 Å². The second kappa shape index (κ2) is 3.47. The van der Waals surface area contributed by atoms with E-state index in [9.17, 15) is 9.59 Å². The Bertz CT molecular complexity index is 278. The minimum atomic E-state index is -0.275. The van der Waals surface area contributed by atoms with Crippen molar-refractivity contribution in [1.29, 1.82) is 0 Å². The van der Waals surface area contributed by atoms with E-state index in [2.05, 4.69) is 5.32 Å². The molecule has 2 heterocycles. The van der Waals surface area contributed by atoms with Crippen LogP contribution in [0.5, 0.6) is 0 Å². The van der Waals surface area contributed by atoms with Crippen molar-refractivity contribution in [3.63, 3.8) is 0 Å². The molecule has 1 atom stereocenters. The number of carbonyl (C=O) groups excluding carboxylic acids is 2. The first-order valence-electron chi connectivity index (χ1n) is 3.58. The number of rotatable bonds is 1. The van der Waals surface area contributed by atoms with Gasteiger partial charge in [-0.15, -0.1) is 11.8 Å². The van der Waals surface area contributed by atoms with Gasteiger partial charge in [-0.2, -0.15) is 0 Å². The summed E-state index contributed by atoms with van der Waals surface area (Å²) in [7, 11) is 0. The summed E-state index contributed by atoms with van der Waals surface area (Å²) in [5, 5.41) is 2.68. The van der Waals surface area contributed by atoms with Crippen molar-refractivity contribution in [3.8, 4) is 0 Å². The molecule has 13 heavy (non-hydrogen) atoms. The van der Waals surface area contributed by atoms with Crippen LogP contribution in [0.25, 0.3) is 0 Å². The molecule has 2 fully saturated rings. The normalized spacial score (nSPS) is 28.5. The molecular weight excluding hydrogens is 228 g/mol. The summed E-state index contributed by atoms with van der Waals surface area (Å²) in [6.07, 6.45) is 0. The van der Waals surface area contributed by atoms with Gasteiger partial charge in [-0.25, -0.2) is 0 Å². The molecule has 7 heteroatoms. The second-order valence-electron chi connectivity index (χ2n) is 2.55. The zero-order valence-corrected chi connectivity index (χ0v) is 8.93. The fourth-order valence-corrected chi connectivity index (χ4v) is 3.33. The maximum absolute atomic E-state index is 11.3. The summed E-state index contributed by atoms with van der Waals surface area (Å²) in [6.45, 7) is 0. The first kappa shape index (κ1) is 9.29. The Labute approximate surface area is 88.8 Å². The highest BCUT2D eigenvalue weighted by atomic mass is 32.2. The quantitative estimate of drug-likeness (QED) is 0.647. The maximum Gasteiger partial charge on any atom is 0.240 e. The minimum absolute atomic E-state index is 0.0188. The van der Waals surface area contributed by atoms with Crippen molar-refractivity contribution in [2.75, 3.05) is 11.5 Å². The fraction of sp³-hybridized carbons (Fsp3) is 0.500. The average molecular weight is 234 g/mol. The number of nitrogens with one attached hydrogen (secondary N) is 1. The van der Waals surface area contributed by atoms with Crippen molar-refractivity contribution in [2.24, 2.45) is 0 Å². The Morgan fingerprint density at radius 1 is 1.46 bits per heavy atom. The predicted octanol–water partition coefficient (Wildman–Crippen LogP) is -0.00670. The van der Waals surface area contributed by atoms with Gasteiger partial charge in [0.2, 0.25) is 11.8 Å². The molecule has 4 nitrogen and oxygen atoms in total. The van der Waals surface area contributed by atoms with Crippen LogP contribution in [0.4, 0.5) is 0 Å². The highest BCUT2D eigenvalue weighted by Gasteiger charge is 2.37. The van der Waals surface area contributed by atoms with E-state index in [1.165, 1.54) is 28.4 Å². The predicted molar refractivity (Wildman–Crippen MR) is 56.3 cm³/mol. The molecule has 0 radical (unpaired) electrons. The third-order valence-electron chi connectivity index (χ3n) is 1.68. The number of nitrogens with zero attached hydrogens (tertiary/aromatic N) is 1.